The zero-order valence-corrected chi connectivity index (χ0v) is 13.5. The molecule has 1 unspecified atom stereocenters. The molecule has 0 fully saturated rings. The van der Waals surface area contributed by atoms with Crippen LogP contribution in [0.1, 0.15) is 38.9 Å². The van der Waals surface area contributed by atoms with E-state index in [9.17, 15) is 8.42 Å². The fourth-order valence-corrected chi connectivity index (χ4v) is 2.49. The van der Waals surface area contributed by atoms with Crippen LogP contribution in [0, 0.1) is 0 Å². The number of hydrogen-bond donors (Lipinski definition) is 1. The van der Waals surface area contributed by atoms with Crippen LogP contribution in [-0.4, -0.2) is 43.0 Å². The van der Waals surface area contributed by atoms with Gasteiger partial charge in [0.25, 0.3) is 0 Å². The summed E-state index contributed by atoms with van der Waals surface area (Å²) in [4.78, 5) is 8.37. The lowest BCUT2D eigenvalue weighted by Gasteiger charge is -2.33. The maximum atomic E-state index is 12.1. The first-order valence-corrected chi connectivity index (χ1v) is 8.42. The molecule has 0 bridgehead atoms. The average Bonchev–Trinajstić information content (AvgIpc) is 2.38. The Morgan fingerprint density at radius 1 is 1.35 bits per heavy atom. The molecule has 0 saturated carbocycles. The van der Waals surface area contributed by atoms with Gasteiger partial charge in [0.05, 0.1) is 17.9 Å². The molecule has 0 aliphatic carbocycles. The van der Waals surface area contributed by atoms with E-state index in [4.69, 9.17) is 4.74 Å². The molecule has 1 aromatic rings. The molecular formula is C13H23N3O3S. The lowest BCUT2D eigenvalue weighted by atomic mass is 9.99. The molecule has 1 rings (SSSR count). The molecule has 0 aromatic carbocycles. The highest BCUT2D eigenvalue weighted by molar-refractivity contribution is 7.92. The van der Waals surface area contributed by atoms with Gasteiger partial charge in [0.15, 0.2) is 9.84 Å². The van der Waals surface area contributed by atoms with Crippen LogP contribution in [0.4, 0.5) is 0 Å². The molecule has 114 valence electrons. The minimum atomic E-state index is -3.29. The highest BCUT2D eigenvalue weighted by atomic mass is 32.2. The van der Waals surface area contributed by atoms with Gasteiger partial charge < -0.3 is 10.1 Å². The highest BCUT2D eigenvalue weighted by Gasteiger charge is 2.42. The summed E-state index contributed by atoms with van der Waals surface area (Å²) in [5, 5.41) is 3.25. The van der Waals surface area contributed by atoms with Crippen LogP contribution < -0.4 is 10.1 Å². The first kappa shape index (κ1) is 16.8. The summed E-state index contributed by atoms with van der Waals surface area (Å²) >= 11 is 0. The van der Waals surface area contributed by atoms with Crippen LogP contribution in [-0.2, 0) is 9.84 Å². The van der Waals surface area contributed by atoms with Crippen LogP contribution >= 0.6 is 0 Å². The van der Waals surface area contributed by atoms with Crippen LogP contribution in [0.5, 0.6) is 5.88 Å². The number of nitrogens with zero attached hydrogens (tertiary/aromatic N) is 2. The Bertz CT molecular complexity index is 544. The Balaban J connectivity index is 3.32. The molecule has 0 aliphatic heterocycles. The Labute approximate surface area is 120 Å². The molecule has 1 heterocycles. The van der Waals surface area contributed by atoms with Crippen molar-refractivity contribution in [1.29, 1.82) is 0 Å². The fourth-order valence-electron chi connectivity index (χ4n) is 1.87. The number of aromatic nitrogens is 2. The standard InChI is InChI=1S/C13H23N3O3S/c1-6-7-15-11(13(2,3)20(5,17)18)10-12(19-4)16-9-8-14-10/h8-9,11,15H,6-7H2,1-5H3. The van der Waals surface area contributed by atoms with E-state index in [0.29, 0.717) is 18.1 Å². The Kier molecular flexibility index (Phi) is 5.47. The third kappa shape index (κ3) is 3.46. The van der Waals surface area contributed by atoms with Crippen LogP contribution in [0.25, 0.3) is 0 Å². The molecule has 1 N–H and O–H groups in total. The zero-order chi connectivity index (χ0) is 15.4. The summed E-state index contributed by atoms with van der Waals surface area (Å²) in [5.74, 6) is 0.345. The molecule has 0 amide bonds. The van der Waals surface area contributed by atoms with Crippen LogP contribution in [0.3, 0.4) is 0 Å². The van der Waals surface area contributed by atoms with E-state index < -0.39 is 20.6 Å². The molecular weight excluding hydrogens is 278 g/mol. The van der Waals surface area contributed by atoms with Gasteiger partial charge in [-0.25, -0.2) is 13.4 Å². The Morgan fingerprint density at radius 3 is 2.45 bits per heavy atom. The first-order valence-electron chi connectivity index (χ1n) is 6.53. The first-order chi connectivity index (χ1) is 9.25. The van der Waals surface area contributed by atoms with Crippen molar-refractivity contribution >= 4 is 9.84 Å². The SMILES string of the molecule is CCCNC(c1nccnc1OC)C(C)(C)S(C)(=O)=O. The highest BCUT2D eigenvalue weighted by Crippen LogP contribution is 2.34. The molecule has 6 nitrogen and oxygen atoms in total. The quantitative estimate of drug-likeness (QED) is 0.818. The van der Waals surface area contributed by atoms with Gasteiger partial charge in [0.1, 0.15) is 5.69 Å². The van der Waals surface area contributed by atoms with E-state index in [1.807, 2.05) is 6.92 Å². The summed E-state index contributed by atoms with van der Waals surface area (Å²) < 4.78 is 28.4. The minimum Gasteiger partial charge on any atom is -0.480 e. The minimum absolute atomic E-state index is 0.345. The van der Waals surface area contributed by atoms with Crippen molar-refractivity contribution in [1.82, 2.24) is 15.3 Å². The molecule has 7 heteroatoms. The van der Waals surface area contributed by atoms with E-state index in [2.05, 4.69) is 15.3 Å². The lowest BCUT2D eigenvalue weighted by molar-refractivity contribution is 0.356. The van der Waals surface area contributed by atoms with Gasteiger partial charge in [0.2, 0.25) is 5.88 Å². The number of rotatable bonds is 7. The van der Waals surface area contributed by atoms with Gasteiger partial charge in [-0.1, -0.05) is 6.92 Å². The van der Waals surface area contributed by atoms with Crippen molar-refractivity contribution in [2.45, 2.75) is 38.0 Å². The summed E-state index contributed by atoms with van der Waals surface area (Å²) in [7, 11) is -1.79. The van der Waals surface area contributed by atoms with Crippen LogP contribution in [0.2, 0.25) is 0 Å². The maximum absolute atomic E-state index is 12.1. The Morgan fingerprint density at radius 2 is 1.95 bits per heavy atom. The number of ether oxygens (including phenoxy) is 1. The second-order valence-electron chi connectivity index (χ2n) is 5.21. The molecule has 0 saturated heterocycles. The topological polar surface area (TPSA) is 81.2 Å². The van der Waals surface area contributed by atoms with Gasteiger partial charge in [-0.3, -0.25) is 4.98 Å². The summed E-state index contributed by atoms with van der Waals surface area (Å²) in [5.41, 5.74) is 0.513. The normalized spacial score (nSPS) is 14.1. The van der Waals surface area contributed by atoms with E-state index in [1.165, 1.54) is 25.8 Å². The monoisotopic (exact) mass is 301 g/mol. The van der Waals surface area contributed by atoms with Crippen molar-refractivity contribution in [2.75, 3.05) is 19.9 Å². The average molecular weight is 301 g/mol. The predicted octanol–water partition coefficient (Wildman–Crippen LogP) is 1.35. The van der Waals surface area contributed by atoms with E-state index in [0.717, 1.165) is 6.42 Å². The predicted molar refractivity (Wildman–Crippen MR) is 78.5 cm³/mol. The third-order valence-electron chi connectivity index (χ3n) is 3.41. The summed E-state index contributed by atoms with van der Waals surface area (Å²) in [6.45, 7) is 6.07. The molecule has 0 spiro atoms. The largest absolute Gasteiger partial charge is 0.480 e. The van der Waals surface area contributed by atoms with Crippen molar-refractivity contribution < 1.29 is 13.2 Å². The molecule has 20 heavy (non-hydrogen) atoms. The Hall–Kier alpha value is -1.21. The van der Waals surface area contributed by atoms with Gasteiger partial charge >= 0.3 is 0 Å². The number of sulfone groups is 1. The van der Waals surface area contributed by atoms with Crippen molar-refractivity contribution in [3.05, 3.63) is 18.1 Å². The van der Waals surface area contributed by atoms with Crippen molar-refractivity contribution in [3.63, 3.8) is 0 Å². The van der Waals surface area contributed by atoms with E-state index in [1.54, 1.807) is 13.8 Å². The van der Waals surface area contributed by atoms with Crippen molar-refractivity contribution in [3.8, 4) is 5.88 Å². The fraction of sp³-hybridized carbons (Fsp3) is 0.692. The van der Waals surface area contributed by atoms with Gasteiger partial charge in [-0.2, -0.15) is 0 Å². The third-order valence-corrected chi connectivity index (χ3v) is 5.55. The van der Waals surface area contributed by atoms with Gasteiger partial charge in [0, 0.05) is 18.6 Å². The van der Waals surface area contributed by atoms with E-state index >= 15 is 0 Å². The second kappa shape index (κ2) is 6.49. The number of hydrogen-bond acceptors (Lipinski definition) is 6. The molecule has 1 aromatic heterocycles. The van der Waals surface area contributed by atoms with E-state index in [-0.39, 0.29) is 0 Å². The van der Waals surface area contributed by atoms with Gasteiger partial charge in [-0.05, 0) is 26.8 Å². The molecule has 0 aliphatic rings. The van der Waals surface area contributed by atoms with Gasteiger partial charge in [-0.15, -0.1) is 0 Å². The summed E-state index contributed by atoms with van der Waals surface area (Å²) in [6.07, 6.45) is 5.18. The molecule has 1 atom stereocenters. The maximum Gasteiger partial charge on any atom is 0.237 e. The lowest BCUT2D eigenvalue weighted by Crippen LogP contribution is -2.45. The zero-order valence-electron chi connectivity index (χ0n) is 12.7. The summed E-state index contributed by atoms with van der Waals surface area (Å²) in [6, 6.07) is -0.485. The second-order valence-corrected chi connectivity index (χ2v) is 7.81. The van der Waals surface area contributed by atoms with Crippen molar-refractivity contribution in [2.24, 2.45) is 0 Å². The molecule has 0 radical (unpaired) electrons. The number of methoxy groups -OCH3 is 1. The van der Waals surface area contributed by atoms with Crippen LogP contribution in [0.15, 0.2) is 12.4 Å². The number of nitrogens with one attached hydrogen (secondary N) is 1. The smallest absolute Gasteiger partial charge is 0.237 e.